The van der Waals surface area contributed by atoms with Crippen molar-refractivity contribution in [2.75, 3.05) is 10.2 Å². The van der Waals surface area contributed by atoms with E-state index in [1.165, 1.54) is 11.5 Å². The minimum Gasteiger partial charge on any atom is -0.477 e. The molecule has 170 valence electrons. The van der Waals surface area contributed by atoms with E-state index in [1.54, 1.807) is 17.0 Å². The van der Waals surface area contributed by atoms with Gasteiger partial charge in [0.2, 0.25) is 11.3 Å². The van der Waals surface area contributed by atoms with E-state index >= 15 is 8.78 Å². The highest BCUT2D eigenvalue weighted by atomic mass is 19.1. The predicted octanol–water partition coefficient (Wildman–Crippen LogP) is 4.35. The van der Waals surface area contributed by atoms with E-state index in [9.17, 15) is 19.5 Å². The summed E-state index contributed by atoms with van der Waals surface area (Å²) in [6, 6.07) is 5.80. The second-order valence-electron chi connectivity index (χ2n) is 8.63. The summed E-state index contributed by atoms with van der Waals surface area (Å²) in [5.74, 6) is -3.46. The number of carbonyl (C=O) groups is 2. The Labute approximate surface area is 187 Å². The van der Waals surface area contributed by atoms with Gasteiger partial charge in [-0.05, 0) is 49.1 Å². The van der Waals surface area contributed by atoms with Crippen LogP contribution < -0.4 is 15.6 Å². The van der Waals surface area contributed by atoms with Gasteiger partial charge in [0.1, 0.15) is 17.1 Å². The Morgan fingerprint density at radius 2 is 1.91 bits per heavy atom. The zero-order chi connectivity index (χ0) is 23.6. The number of aromatic nitrogens is 1. The Morgan fingerprint density at radius 1 is 1.18 bits per heavy atom. The summed E-state index contributed by atoms with van der Waals surface area (Å²) in [6.07, 6.45) is 2.61. The first-order valence-corrected chi connectivity index (χ1v) is 10.6. The molecule has 1 atom stereocenters. The number of benzene rings is 2. The Hall–Kier alpha value is -3.75. The van der Waals surface area contributed by atoms with Gasteiger partial charge in [-0.2, -0.15) is 0 Å². The molecule has 2 aliphatic rings. The molecule has 1 aliphatic carbocycles. The molecule has 1 fully saturated rings. The van der Waals surface area contributed by atoms with Gasteiger partial charge in [-0.3, -0.25) is 9.59 Å². The quantitative estimate of drug-likeness (QED) is 0.613. The molecule has 2 heterocycles. The maximum Gasteiger partial charge on any atom is 0.341 e. The number of carboxylic acid groups (broad SMARTS) is 1. The summed E-state index contributed by atoms with van der Waals surface area (Å²) < 4.78 is 32.7. The molecule has 33 heavy (non-hydrogen) atoms. The van der Waals surface area contributed by atoms with Crippen molar-refractivity contribution in [1.29, 1.82) is 0 Å². The smallest absolute Gasteiger partial charge is 0.341 e. The molecule has 9 heteroatoms. The van der Waals surface area contributed by atoms with Crippen LogP contribution in [0.5, 0.6) is 0 Å². The maximum atomic E-state index is 15.9. The molecular formula is C24H21F2N3O4. The highest BCUT2D eigenvalue weighted by molar-refractivity contribution is 5.94. The third-order valence-corrected chi connectivity index (χ3v) is 6.36. The second-order valence-corrected chi connectivity index (χ2v) is 8.63. The van der Waals surface area contributed by atoms with Gasteiger partial charge in [-0.15, -0.1) is 0 Å². The van der Waals surface area contributed by atoms with E-state index in [2.05, 4.69) is 5.32 Å². The molecule has 0 spiro atoms. The van der Waals surface area contributed by atoms with E-state index in [4.69, 9.17) is 0 Å². The summed E-state index contributed by atoms with van der Waals surface area (Å²) in [4.78, 5) is 37.2. The van der Waals surface area contributed by atoms with Gasteiger partial charge < -0.3 is 19.9 Å². The zero-order valence-electron chi connectivity index (χ0n) is 18.0. The third-order valence-electron chi connectivity index (χ3n) is 6.36. The first kappa shape index (κ1) is 21.1. The van der Waals surface area contributed by atoms with Crippen LogP contribution >= 0.6 is 0 Å². The minimum atomic E-state index is -1.43. The fraction of sp³-hybridized carbons (Fsp3) is 0.292. The van der Waals surface area contributed by atoms with Crippen LogP contribution in [0.25, 0.3) is 10.9 Å². The van der Waals surface area contributed by atoms with E-state index < -0.39 is 28.6 Å². The second kappa shape index (κ2) is 7.40. The van der Waals surface area contributed by atoms with Crippen molar-refractivity contribution in [2.45, 2.75) is 45.3 Å². The fourth-order valence-corrected chi connectivity index (χ4v) is 4.68. The summed E-state index contributed by atoms with van der Waals surface area (Å²) in [6.45, 7) is 3.44. The molecule has 0 saturated heterocycles. The number of anilines is 2. The van der Waals surface area contributed by atoms with E-state index in [0.717, 1.165) is 36.2 Å². The lowest BCUT2D eigenvalue weighted by Crippen LogP contribution is -2.24. The summed E-state index contributed by atoms with van der Waals surface area (Å²) >= 11 is 0. The van der Waals surface area contributed by atoms with E-state index in [-0.39, 0.29) is 41.1 Å². The van der Waals surface area contributed by atoms with Gasteiger partial charge in [-0.1, -0.05) is 6.07 Å². The van der Waals surface area contributed by atoms with Crippen LogP contribution in [0, 0.1) is 11.6 Å². The van der Waals surface area contributed by atoms with Gasteiger partial charge in [0.25, 0.3) is 0 Å². The van der Waals surface area contributed by atoms with Crippen LogP contribution in [0.1, 0.15) is 60.3 Å². The molecular weight excluding hydrogens is 432 g/mol. The number of aromatic carboxylic acids is 1. The summed E-state index contributed by atoms with van der Waals surface area (Å²) in [7, 11) is 0. The third kappa shape index (κ3) is 3.35. The van der Waals surface area contributed by atoms with E-state index in [0.29, 0.717) is 5.69 Å². The molecule has 1 aliphatic heterocycles. The monoisotopic (exact) mass is 453 g/mol. The number of amides is 1. The number of carbonyl (C=O) groups excluding carboxylic acids is 1. The van der Waals surface area contributed by atoms with Crippen molar-refractivity contribution in [1.82, 2.24) is 4.57 Å². The lowest BCUT2D eigenvalue weighted by atomic mass is 10.0. The number of halogens is 2. The Bertz CT molecular complexity index is 1410. The molecule has 0 radical (unpaired) electrons. The number of pyridine rings is 1. The van der Waals surface area contributed by atoms with Gasteiger partial charge in [0.05, 0.1) is 16.9 Å². The number of carboxylic acids is 1. The highest BCUT2D eigenvalue weighted by Crippen LogP contribution is 2.44. The lowest BCUT2D eigenvalue weighted by molar-refractivity contribution is -0.114. The standard InChI is InChI=1S/C24H21F2N3O4/c1-11-16-6-3-14(27-12(2)30)7-13(16)9-28(11)22-19(25)8-17-21(20(22)26)29(15-4-5-15)10-18(23(17)31)24(32)33/h3,6-8,10-11,15H,4-5,9H2,1-2H3,(H,27,30)(H,32,33). The van der Waals surface area contributed by atoms with Crippen LogP contribution in [0.3, 0.4) is 0 Å². The lowest BCUT2D eigenvalue weighted by Gasteiger charge is -2.26. The summed E-state index contributed by atoms with van der Waals surface area (Å²) in [5, 5.41) is 11.8. The molecule has 7 nitrogen and oxygen atoms in total. The number of nitrogens with zero attached hydrogens (tertiary/aromatic N) is 2. The van der Waals surface area contributed by atoms with E-state index in [1.807, 2.05) is 13.0 Å². The normalized spacial score (nSPS) is 17.3. The first-order chi connectivity index (χ1) is 15.7. The van der Waals surface area contributed by atoms with Crippen molar-refractivity contribution in [3.05, 3.63) is 69.0 Å². The van der Waals surface area contributed by atoms with Crippen LogP contribution in [0.2, 0.25) is 0 Å². The molecule has 2 N–H and O–H groups in total. The molecule has 1 saturated carbocycles. The number of fused-ring (bicyclic) bond motifs is 2. The minimum absolute atomic E-state index is 0.0778. The maximum absolute atomic E-state index is 15.9. The van der Waals surface area contributed by atoms with Crippen LogP contribution in [0.15, 0.2) is 35.3 Å². The molecule has 5 rings (SSSR count). The zero-order valence-corrected chi connectivity index (χ0v) is 18.0. The van der Waals surface area contributed by atoms with Gasteiger partial charge in [0.15, 0.2) is 5.82 Å². The van der Waals surface area contributed by atoms with Crippen LogP contribution in [-0.2, 0) is 11.3 Å². The Balaban J connectivity index is 1.67. The Kier molecular flexibility index (Phi) is 4.73. The van der Waals surface area contributed by atoms with Crippen molar-refractivity contribution < 1.29 is 23.5 Å². The molecule has 3 aromatic rings. The topological polar surface area (TPSA) is 91.6 Å². The van der Waals surface area contributed by atoms with Crippen LogP contribution in [-0.4, -0.2) is 21.6 Å². The average Bonchev–Trinajstić information content (AvgIpc) is 3.53. The molecule has 1 amide bonds. The van der Waals surface area contributed by atoms with Crippen molar-refractivity contribution in [2.24, 2.45) is 0 Å². The van der Waals surface area contributed by atoms with Gasteiger partial charge in [-0.25, -0.2) is 13.6 Å². The van der Waals surface area contributed by atoms with Gasteiger partial charge >= 0.3 is 5.97 Å². The number of rotatable bonds is 4. The first-order valence-electron chi connectivity index (χ1n) is 10.6. The SMILES string of the molecule is CC(=O)Nc1ccc2c(c1)CN(c1c(F)cc3c(=O)c(C(=O)O)cn(C4CC4)c3c1F)C2C. The number of nitrogens with one attached hydrogen (secondary N) is 1. The molecule has 1 aromatic heterocycles. The Morgan fingerprint density at radius 3 is 2.55 bits per heavy atom. The summed E-state index contributed by atoms with van der Waals surface area (Å²) in [5.41, 5.74) is 0.552. The molecule has 2 aromatic carbocycles. The van der Waals surface area contributed by atoms with Crippen molar-refractivity contribution in [3.63, 3.8) is 0 Å². The average molecular weight is 453 g/mol. The molecule has 1 unspecified atom stereocenters. The number of hydrogen-bond acceptors (Lipinski definition) is 4. The van der Waals surface area contributed by atoms with Crippen molar-refractivity contribution in [3.8, 4) is 0 Å². The van der Waals surface area contributed by atoms with Crippen LogP contribution in [0.4, 0.5) is 20.2 Å². The molecule has 0 bridgehead atoms. The highest BCUT2D eigenvalue weighted by Gasteiger charge is 2.35. The largest absolute Gasteiger partial charge is 0.477 e. The fourth-order valence-electron chi connectivity index (χ4n) is 4.68. The number of hydrogen-bond donors (Lipinski definition) is 2. The predicted molar refractivity (Wildman–Crippen MR) is 119 cm³/mol. The van der Waals surface area contributed by atoms with Crippen molar-refractivity contribution >= 4 is 34.2 Å². The van der Waals surface area contributed by atoms with Gasteiger partial charge in [0, 0.05) is 31.4 Å².